The van der Waals surface area contributed by atoms with Crippen molar-refractivity contribution < 1.29 is 84.2 Å². The SMILES string of the molecule is [CH2]C(=O)OC(F)(F)C(F)(F)C(F)(F)C(F)(F)C(F)(F)C(F)(F)C(F)(F)C(F)(F)F. The van der Waals surface area contributed by atoms with E-state index in [1.54, 1.807) is 6.92 Å². The minimum absolute atomic E-state index is 1.73. The third-order valence-corrected chi connectivity index (χ3v) is 2.94. The lowest BCUT2D eigenvalue weighted by Gasteiger charge is -2.42. The molecule has 0 fully saturated rings. The molecule has 19 heteroatoms. The standard InChI is InChI=1S/C10H2F17O2/c1-2(28)29-10(26,27)8(21,22)6(17,18)4(13,14)3(11,12)5(15,16)7(19,20)9(23,24)25/h1H2. The highest BCUT2D eigenvalue weighted by molar-refractivity contribution is 5.74. The van der Waals surface area contributed by atoms with Crippen LogP contribution >= 0.6 is 0 Å². The van der Waals surface area contributed by atoms with Crippen LogP contribution in [-0.2, 0) is 9.53 Å². The third kappa shape index (κ3) is 3.53. The zero-order valence-corrected chi connectivity index (χ0v) is 12.4. The maximum atomic E-state index is 13.1. The van der Waals surface area contributed by atoms with Gasteiger partial charge in [-0.05, 0) is 0 Å². The number of rotatable bonds is 7. The largest absolute Gasteiger partial charge is 0.473 e. The maximum Gasteiger partial charge on any atom is 0.473 e. The number of ether oxygens (including phenoxy) is 1. The lowest BCUT2D eigenvalue weighted by atomic mass is 9.90. The molecule has 0 aromatic heterocycles. The Morgan fingerprint density at radius 3 is 0.966 bits per heavy atom. The van der Waals surface area contributed by atoms with Crippen LogP contribution in [0, 0.1) is 6.92 Å². The first kappa shape index (κ1) is 27.3. The highest BCUT2D eigenvalue weighted by Gasteiger charge is 2.95. The number of hydrogen-bond acceptors (Lipinski definition) is 2. The van der Waals surface area contributed by atoms with E-state index in [0.717, 1.165) is 0 Å². The van der Waals surface area contributed by atoms with Gasteiger partial charge in [0.15, 0.2) is 0 Å². The topological polar surface area (TPSA) is 26.3 Å². The molecular weight excluding hydrogens is 475 g/mol. The summed E-state index contributed by atoms with van der Waals surface area (Å²) in [6.45, 7) is 1.73. The predicted octanol–water partition coefficient (Wildman–Crippen LogP) is 5.33. The molecule has 0 unspecified atom stereocenters. The van der Waals surface area contributed by atoms with Crippen LogP contribution in [0.1, 0.15) is 0 Å². The van der Waals surface area contributed by atoms with Crippen LogP contribution in [0.2, 0.25) is 0 Å². The molecule has 0 rings (SSSR count). The molecule has 173 valence electrons. The smallest absolute Gasteiger partial charge is 0.396 e. The first-order chi connectivity index (χ1) is 12.2. The fourth-order valence-corrected chi connectivity index (χ4v) is 1.36. The highest BCUT2D eigenvalue weighted by atomic mass is 19.4. The van der Waals surface area contributed by atoms with Gasteiger partial charge < -0.3 is 4.74 Å². The Morgan fingerprint density at radius 2 is 0.724 bits per heavy atom. The van der Waals surface area contributed by atoms with E-state index >= 15 is 0 Å². The van der Waals surface area contributed by atoms with Crippen molar-refractivity contribution in [1.29, 1.82) is 0 Å². The summed E-state index contributed by atoms with van der Waals surface area (Å²) in [5.41, 5.74) is 0. The number of carbonyl (C=O) groups excluding carboxylic acids is 1. The Bertz CT molecular complexity index is 631. The van der Waals surface area contributed by atoms with Crippen LogP contribution in [0.4, 0.5) is 74.6 Å². The van der Waals surface area contributed by atoms with Gasteiger partial charge in [0.25, 0.3) is 0 Å². The number of esters is 1. The molecule has 0 aliphatic carbocycles. The average molecular weight is 477 g/mol. The van der Waals surface area contributed by atoms with Gasteiger partial charge in [0.1, 0.15) is 0 Å². The molecule has 0 aliphatic heterocycles. The summed E-state index contributed by atoms with van der Waals surface area (Å²) in [6, 6.07) is 0. The van der Waals surface area contributed by atoms with Crippen LogP contribution in [0.3, 0.4) is 0 Å². The van der Waals surface area contributed by atoms with E-state index in [4.69, 9.17) is 0 Å². The van der Waals surface area contributed by atoms with Gasteiger partial charge in [-0.1, -0.05) is 0 Å². The first-order valence-electron chi connectivity index (χ1n) is 5.93. The number of hydrogen-bond donors (Lipinski definition) is 0. The van der Waals surface area contributed by atoms with Crippen molar-refractivity contribution in [3.8, 4) is 0 Å². The molecule has 0 aromatic rings. The predicted molar refractivity (Wildman–Crippen MR) is 52.1 cm³/mol. The molecule has 0 aromatic carbocycles. The molecule has 0 N–H and O–H groups in total. The Kier molecular flexibility index (Phi) is 6.25. The van der Waals surface area contributed by atoms with Crippen molar-refractivity contribution in [2.75, 3.05) is 0 Å². The molecule has 29 heavy (non-hydrogen) atoms. The van der Waals surface area contributed by atoms with E-state index in [1.807, 2.05) is 0 Å². The van der Waals surface area contributed by atoms with Gasteiger partial charge in [0.05, 0.1) is 6.92 Å². The minimum atomic E-state index is -8.73. The normalized spacial score (nSPS) is 16.1. The molecule has 2 nitrogen and oxygen atoms in total. The molecule has 0 aliphatic rings. The molecular formula is C10H2F17O2. The molecule has 0 amide bonds. The number of halogens is 17. The van der Waals surface area contributed by atoms with Crippen LogP contribution < -0.4 is 0 Å². The van der Waals surface area contributed by atoms with E-state index < -0.39 is 53.8 Å². The van der Waals surface area contributed by atoms with Gasteiger partial charge in [-0.15, -0.1) is 0 Å². The van der Waals surface area contributed by atoms with E-state index in [1.165, 1.54) is 0 Å². The molecule has 0 bridgehead atoms. The summed E-state index contributed by atoms with van der Waals surface area (Å²) in [5.74, 6) is -53.7. The van der Waals surface area contributed by atoms with E-state index in [-0.39, 0.29) is 0 Å². The summed E-state index contributed by atoms with van der Waals surface area (Å²) in [4.78, 5) is 10.0. The van der Waals surface area contributed by atoms with Crippen LogP contribution in [0.5, 0.6) is 0 Å². The van der Waals surface area contributed by atoms with Gasteiger partial charge in [-0.3, -0.25) is 4.79 Å². The molecule has 0 heterocycles. The minimum Gasteiger partial charge on any atom is -0.396 e. The zero-order valence-electron chi connectivity index (χ0n) is 12.4. The van der Waals surface area contributed by atoms with Gasteiger partial charge in [0, 0.05) is 0 Å². The van der Waals surface area contributed by atoms with Crippen molar-refractivity contribution in [3.05, 3.63) is 6.92 Å². The van der Waals surface area contributed by atoms with E-state index in [2.05, 4.69) is 4.74 Å². The summed E-state index contributed by atoms with van der Waals surface area (Å²) in [7, 11) is 0. The molecule has 0 spiro atoms. The maximum absolute atomic E-state index is 13.1. The van der Waals surface area contributed by atoms with Gasteiger partial charge in [0.2, 0.25) is 0 Å². The number of carbonyl (C=O) groups is 1. The van der Waals surface area contributed by atoms with Gasteiger partial charge in [-0.2, -0.15) is 74.6 Å². The van der Waals surface area contributed by atoms with Crippen molar-refractivity contribution in [3.63, 3.8) is 0 Å². The highest BCUT2D eigenvalue weighted by Crippen LogP contribution is 2.63. The Balaban J connectivity index is 6.69. The Morgan fingerprint density at radius 1 is 0.483 bits per heavy atom. The van der Waals surface area contributed by atoms with E-state index in [9.17, 15) is 79.4 Å². The second kappa shape index (κ2) is 6.64. The van der Waals surface area contributed by atoms with Crippen LogP contribution in [0.25, 0.3) is 0 Å². The Labute approximate surface area is 146 Å². The summed E-state index contributed by atoms with van der Waals surface area (Å²) in [5, 5.41) is 0. The summed E-state index contributed by atoms with van der Waals surface area (Å²) >= 11 is 0. The zero-order chi connectivity index (χ0) is 24.3. The average Bonchev–Trinajstić information content (AvgIpc) is 2.43. The summed E-state index contributed by atoms with van der Waals surface area (Å²) < 4.78 is 218. The molecule has 0 saturated carbocycles. The molecule has 1 radical (unpaired) electrons. The van der Waals surface area contributed by atoms with Crippen LogP contribution in [-0.4, -0.2) is 53.8 Å². The van der Waals surface area contributed by atoms with Crippen molar-refractivity contribution in [1.82, 2.24) is 0 Å². The lowest BCUT2D eigenvalue weighted by molar-refractivity contribution is -0.473. The third-order valence-electron chi connectivity index (χ3n) is 2.94. The molecule has 0 atom stereocenters. The summed E-state index contributed by atoms with van der Waals surface area (Å²) in [6.07, 6.45) is -15.0. The fourth-order valence-electron chi connectivity index (χ4n) is 1.36. The van der Waals surface area contributed by atoms with E-state index in [0.29, 0.717) is 0 Å². The molecule has 0 saturated heterocycles. The van der Waals surface area contributed by atoms with Gasteiger partial charge >= 0.3 is 53.8 Å². The second-order valence-electron chi connectivity index (χ2n) is 4.93. The van der Waals surface area contributed by atoms with Crippen molar-refractivity contribution in [2.45, 2.75) is 47.8 Å². The number of alkyl halides is 17. The lowest BCUT2D eigenvalue weighted by Crippen LogP contribution is -2.74. The van der Waals surface area contributed by atoms with Crippen LogP contribution in [0.15, 0.2) is 0 Å². The first-order valence-corrected chi connectivity index (χ1v) is 5.93. The van der Waals surface area contributed by atoms with Gasteiger partial charge in [-0.25, -0.2) is 0 Å². The van der Waals surface area contributed by atoms with Crippen molar-refractivity contribution >= 4 is 5.97 Å². The quantitative estimate of drug-likeness (QED) is 0.366. The van der Waals surface area contributed by atoms with Crippen molar-refractivity contribution in [2.24, 2.45) is 0 Å². The second-order valence-corrected chi connectivity index (χ2v) is 4.93. The monoisotopic (exact) mass is 477 g/mol. The Hall–Kier alpha value is -1.72. The fraction of sp³-hybridized carbons (Fsp3) is 0.800.